The fourth-order valence-electron chi connectivity index (χ4n) is 3.28. The number of imidazole rings is 1. The smallest absolute Gasteiger partial charge is 0.186 e. The first-order chi connectivity index (χ1) is 10.5. The van der Waals surface area contributed by atoms with Gasteiger partial charge < -0.3 is 4.57 Å². The van der Waals surface area contributed by atoms with E-state index in [9.17, 15) is 4.79 Å². The van der Waals surface area contributed by atoms with Crippen molar-refractivity contribution in [2.75, 3.05) is 0 Å². The summed E-state index contributed by atoms with van der Waals surface area (Å²) in [7, 11) is 3.83. The number of hydrogen-bond acceptors (Lipinski definition) is 3. The topological polar surface area (TPSA) is 47.8 Å². The van der Waals surface area contributed by atoms with E-state index in [1.165, 1.54) is 12.8 Å². The lowest BCUT2D eigenvalue weighted by Gasteiger charge is -2.29. The van der Waals surface area contributed by atoms with E-state index in [4.69, 9.17) is 11.6 Å². The normalized spacial score (nSPS) is 22.3. The zero-order valence-electron chi connectivity index (χ0n) is 13.3. The van der Waals surface area contributed by atoms with Crippen molar-refractivity contribution in [3.05, 3.63) is 23.2 Å². The van der Waals surface area contributed by atoms with Gasteiger partial charge in [0.1, 0.15) is 26.4 Å². The number of carbonyl (C=O) groups excluding carboxylic acids is 1. The fourth-order valence-corrected chi connectivity index (χ4v) is 3.43. The summed E-state index contributed by atoms with van der Waals surface area (Å²) in [5.74, 6) is 1.42. The van der Waals surface area contributed by atoms with E-state index < -0.39 is 0 Å². The highest BCUT2D eigenvalue weighted by Gasteiger charge is 2.27. The van der Waals surface area contributed by atoms with Crippen LogP contribution in [0.2, 0.25) is 10.9 Å². The molecule has 0 aliphatic heterocycles. The summed E-state index contributed by atoms with van der Waals surface area (Å²) in [6, 6.07) is 2.16. The average Bonchev–Trinajstić information content (AvgIpc) is 2.85. The average molecular weight is 315 g/mol. The molecule has 0 aromatic carbocycles. The molecule has 2 aromatic rings. The molecule has 0 bridgehead atoms. The Morgan fingerprint density at radius 1 is 1.36 bits per heavy atom. The van der Waals surface area contributed by atoms with E-state index >= 15 is 0 Å². The highest BCUT2D eigenvalue weighted by Crippen LogP contribution is 2.35. The molecule has 7 heteroatoms. The third-order valence-electron chi connectivity index (χ3n) is 4.64. The van der Waals surface area contributed by atoms with Crippen LogP contribution in [0.15, 0.2) is 12.3 Å². The Morgan fingerprint density at radius 3 is 2.68 bits per heavy atom. The van der Waals surface area contributed by atoms with Gasteiger partial charge in [-0.3, -0.25) is 4.79 Å². The van der Waals surface area contributed by atoms with Gasteiger partial charge in [0, 0.05) is 12.1 Å². The van der Waals surface area contributed by atoms with Crippen LogP contribution in [-0.2, 0) is 0 Å². The SMILES string of the molecule is BC(B)C(=O)c1nc2cnc(Cl)cc2n1C1CCC(C)CC1. The van der Waals surface area contributed by atoms with Crippen molar-refractivity contribution in [2.24, 2.45) is 5.92 Å². The van der Waals surface area contributed by atoms with Crippen LogP contribution < -0.4 is 0 Å². The van der Waals surface area contributed by atoms with E-state index in [1.807, 2.05) is 21.8 Å². The van der Waals surface area contributed by atoms with E-state index in [0.717, 1.165) is 29.8 Å². The van der Waals surface area contributed by atoms with Crippen LogP contribution in [0.4, 0.5) is 0 Å². The molecule has 0 saturated heterocycles. The molecule has 114 valence electrons. The summed E-state index contributed by atoms with van der Waals surface area (Å²) in [4.78, 5) is 21.3. The maximum atomic E-state index is 12.6. The quantitative estimate of drug-likeness (QED) is 0.495. The largest absolute Gasteiger partial charge is 0.318 e. The lowest BCUT2D eigenvalue weighted by Crippen LogP contribution is -2.22. The molecule has 0 N–H and O–H groups in total. The minimum atomic E-state index is -0.0680. The minimum absolute atomic E-state index is 0.0680. The van der Waals surface area contributed by atoms with Gasteiger partial charge >= 0.3 is 0 Å². The molecule has 0 unspecified atom stereocenters. The van der Waals surface area contributed by atoms with Gasteiger partial charge in [-0.25, -0.2) is 9.97 Å². The maximum Gasteiger partial charge on any atom is 0.186 e. The molecule has 2 heterocycles. The Hall–Kier alpha value is -1.29. The molecular formula is C15H20B2ClN3O. The summed E-state index contributed by atoms with van der Waals surface area (Å²) < 4.78 is 2.12. The van der Waals surface area contributed by atoms with Crippen LogP contribution in [-0.4, -0.2) is 36.0 Å². The number of ketones is 1. The van der Waals surface area contributed by atoms with E-state index in [1.54, 1.807) is 6.20 Å². The Bertz CT molecular complexity index is 708. The van der Waals surface area contributed by atoms with Gasteiger partial charge in [-0.15, -0.1) is 0 Å². The van der Waals surface area contributed by atoms with Gasteiger partial charge in [-0.05, 0) is 37.3 Å². The van der Waals surface area contributed by atoms with Crippen LogP contribution in [0.3, 0.4) is 0 Å². The van der Waals surface area contributed by atoms with Crippen molar-refractivity contribution in [1.82, 2.24) is 14.5 Å². The molecule has 4 nitrogen and oxygen atoms in total. The van der Waals surface area contributed by atoms with Crippen LogP contribution in [0.1, 0.15) is 49.3 Å². The summed E-state index contributed by atoms with van der Waals surface area (Å²) in [5, 5.41) is 0.446. The first-order valence-electron chi connectivity index (χ1n) is 8.05. The van der Waals surface area contributed by atoms with Crippen LogP contribution >= 0.6 is 11.6 Å². The minimum Gasteiger partial charge on any atom is -0.318 e. The first kappa shape index (κ1) is 15.6. The molecule has 1 aliphatic carbocycles. The van der Waals surface area contributed by atoms with Gasteiger partial charge in [0.05, 0.1) is 11.7 Å². The Kier molecular flexibility index (Phi) is 4.31. The summed E-state index contributed by atoms with van der Waals surface area (Å²) in [5.41, 5.74) is 1.62. The zero-order chi connectivity index (χ0) is 15.9. The number of carbonyl (C=O) groups is 1. The fraction of sp³-hybridized carbons (Fsp3) is 0.533. The van der Waals surface area contributed by atoms with E-state index in [-0.39, 0.29) is 11.5 Å². The number of hydrogen-bond donors (Lipinski definition) is 0. The second kappa shape index (κ2) is 6.07. The molecule has 1 saturated carbocycles. The molecule has 0 amide bonds. The number of aromatic nitrogens is 3. The Balaban J connectivity index is 2.13. The highest BCUT2D eigenvalue weighted by atomic mass is 35.5. The number of rotatable bonds is 3. The van der Waals surface area contributed by atoms with Crippen molar-refractivity contribution >= 4 is 44.1 Å². The molecule has 0 spiro atoms. The second-order valence-electron chi connectivity index (χ2n) is 6.73. The molecule has 0 atom stereocenters. The predicted octanol–water partition coefficient (Wildman–Crippen LogP) is 2.03. The second-order valence-corrected chi connectivity index (χ2v) is 7.12. The lowest BCUT2D eigenvalue weighted by atomic mass is 9.68. The van der Waals surface area contributed by atoms with Crippen molar-refractivity contribution in [3.8, 4) is 0 Å². The van der Waals surface area contributed by atoms with Gasteiger partial charge in [0.15, 0.2) is 11.6 Å². The molecule has 22 heavy (non-hydrogen) atoms. The van der Waals surface area contributed by atoms with Crippen molar-refractivity contribution < 1.29 is 4.79 Å². The summed E-state index contributed by atoms with van der Waals surface area (Å²) in [6.45, 7) is 2.29. The van der Waals surface area contributed by atoms with E-state index in [2.05, 4.69) is 21.5 Å². The van der Waals surface area contributed by atoms with Crippen LogP contribution in [0, 0.1) is 5.92 Å². The van der Waals surface area contributed by atoms with Gasteiger partial charge in [-0.2, -0.15) is 0 Å². The summed E-state index contributed by atoms with van der Waals surface area (Å²) in [6.07, 6.45) is 6.23. The molecule has 1 aliphatic rings. The molecular weight excluding hydrogens is 295 g/mol. The maximum absolute atomic E-state index is 12.6. The van der Waals surface area contributed by atoms with Crippen LogP contribution in [0.25, 0.3) is 11.0 Å². The number of halogens is 1. The number of fused-ring (bicyclic) bond motifs is 1. The van der Waals surface area contributed by atoms with Crippen molar-refractivity contribution in [2.45, 2.75) is 44.4 Å². The predicted molar refractivity (Wildman–Crippen MR) is 94.4 cm³/mol. The van der Waals surface area contributed by atoms with Crippen LogP contribution in [0.5, 0.6) is 0 Å². The Labute approximate surface area is 137 Å². The number of nitrogens with zero attached hydrogens (tertiary/aromatic N) is 3. The van der Waals surface area contributed by atoms with Gasteiger partial charge in [0.2, 0.25) is 0 Å². The monoisotopic (exact) mass is 315 g/mol. The summed E-state index contributed by atoms with van der Waals surface area (Å²) >= 11 is 6.07. The zero-order valence-corrected chi connectivity index (χ0v) is 14.1. The molecule has 3 rings (SSSR count). The highest BCUT2D eigenvalue weighted by molar-refractivity contribution is 6.48. The van der Waals surface area contributed by atoms with Crippen molar-refractivity contribution in [3.63, 3.8) is 0 Å². The standard InChI is InChI=1S/C15H20B2ClN3O/c1-8-2-4-9(5-3-8)21-11-6-12(18)19-7-10(11)20-15(21)13(22)14(16)17/h6-9,14H,2-5,16-17H2,1H3. The third-order valence-corrected chi connectivity index (χ3v) is 4.84. The first-order valence-corrected chi connectivity index (χ1v) is 8.43. The third kappa shape index (κ3) is 2.81. The molecule has 1 fully saturated rings. The lowest BCUT2D eigenvalue weighted by molar-refractivity contribution is 0.0986. The van der Waals surface area contributed by atoms with Gasteiger partial charge in [0.25, 0.3) is 0 Å². The van der Waals surface area contributed by atoms with Crippen molar-refractivity contribution in [1.29, 1.82) is 0 Å². The molecule has 2 aromatic heterocycles. The molecule has 0 radical (unpaired) electrons. The van der Waals surface area contributed by atoms with Gasteiger partial charge in [-0.1, -0.05) is 18.5 Å². The Morgan fingerprint density at radius 2 is 2.05 bits per heavy atom. The number of Topliss-reactive ketones (excluding diaryl/α,β-unsaturated/α-hetero) is 1. The number of pyridine rings is 1. The van der Waals surface area contributed by atoms with E-state index in [0.29, 0.717) is 17.0 Å².